The smallest absolute Gasteiger partial charge is 0.153 e. The third-order valence-electron chi connectivity index (χ3n) is 3.15. The molecule has 0 amide bonds. The van der Waals surface area contributed by atoms with E-state index < -0.39 is 0 Å². The number of halogens is 2. The van der Waals surface area contributed by atoms with E-state index in [1.54, 1.807) is 30.3 Å². The summed E-state index contributed by atoms with van der Waals surface area (Å²) in [7, 11) is 0. The van der Waals surface area contributed by atoms with Gasteiger partial charge in [-0.3, -0.25) is 4.79 Å². The number of hydrogen-bond donors (Lipinski definition) is 0. The van der Waals surface area contributed by atoms with E-state index in [1.165, 1.54) is 0 Å². The van der Waals surface area contributed by atoms with Crippen molar-refractivity contribution >= 4 is 40.3 Å². The Kier molecular flexibility index (Phi) is 3.82. The van der Waals surface area contributed by atoms with Gasteiger partial charge in [-0.25, -0.2) is 0 Å². The molecule has 0 aliphatic rings. The molecule has 0 spiro atoms. The first-order valence-corrected chi connectivity index (χ1v) is 7.04. The molecule has 0 atom stereocenters. The van der Waals surface area contributed by atoms with E-state index in [1.807, 2.05) is 24.3 Å². The Hall–Kier alpha value is -2.03. The van der Waals surface area contributed by atoms with Crippen molar-refractivity contribution in [3.8, 4) is 11.5 Å². The van der Waals surface area contributed by atoms with Crippen molar-refractivity contribution in [1.29, 1.82) is 0 Å². The molecule has 0 bridgehead atoms. The first kappa shape index (κ1) is 13.9. The molecular formula is C17H10Cl2O2. The lowest BCUT2D eigenvalue weighted by atomic mass is 10.1. The maximum Gasteiger partial charge on any atom is 0.153 e. The molecule has 0 fully saturated rings. The highest BCUT2D eigenvalue weighted by molar-refractivity contribution is 6.35. The molecular weight excluding hydrogens is 307 g/mol. The highest BCUT2D eigenvalue weighted by Crippen LogP contribution is 2.35. The molecule has 3 rings (SSSR count). The van der Waals surface area contributed by atoms with Crippen LogP contribution in [0, 0.1) is 0 Å². The zero-order valence-corrected chi connectivity index (χ0v) is 12.4. The number of fused-ring (bicyclic) bond motifs is 1. The topological polar surface area (TPSA) is 26.3 Å². The van der Waals surface area contributed by atoms with Crippen LogP contribution >= 0.6 is 23.2 Å². The average Bonchev–Trinajstić information content (AvgIpc) is 2.52. The fourth-order valence-electron chi connectivity index (χ4n) is 2.15. The van der Waals surface area contributed by atoms with Gasteiger partial charge in [0.05, 0.1) is 5.56 Å². The molecule has 0 saturated heterocycles. The van der Waals surface area contributed by atoms with E-state index in [4.69, 9.17) is 27.9 Å². The summed E-state index contributed by atoms with van der Waals surface area (Å²) in [6.07, 6.45) is 0.722. The number of ether oxygens (including phenoxy) is 1. The van der Waals surface area contributed by atoms with E-state index in [2.05, 4.69) is 0 Å². The largest absolute Gasteiger partial charge is 0.456 e. The van der Waals surface area contributed by atoms with Crippen LogP contribution in [0.3, 0.4) is 0 Å². The van der Waals surface area contributed by atoms with Crippen LogP contribution in [0.25, 0.3) is 10.8 Å². The molecule has 0 aromatic heterocycles. The quantitative estimate of drug-likeness (QED) is 0.575. The summed E-state index contributed by atoms with van der Waals surface area (Å²) >= 11 is 12.1. The Morgan fingerprint density at radius 2 is 1.57 bits per heavy atom. The second kappa shape index (κ2) is 5.76. The van der Waals surface area contributed by atoms with Crippen LogP contribution in [0.2, 0.25) is 10.0 Å². The Morgan fingerprint density at radius 3 is 2.33 bits per heavy atom. The van der Waals surface area contributed by atoms with Gasteiger partial charge in [0, 0.05) is 20.8 Å². The molecule has 3 aromatic carbocycles. The third-order valence-corrected chi connectivity index (χ3v) is 3.71. The fraction of sp³-hybridized carbons (Fsp3) is 0. The average molecular weight is 317 g/mol. The van der Waals surface area contributed by atoms with Crippen LogP contribution in [0.15, 0.2) is 54.6 Å². The van der Waals surface area contributed by atoms with E-state index >= 15 is 0 Å². The number of rotatable bonds is 3. The van der Waals surface area contributed by atoms with E-state index in [-0.39, 0.29) is 0 Å². The minimum absolute atomic E-state index is 0.404. The molecule has 4 heteroatoms. The number of benzene rings is 3. The van der Waals surface area contributed by atoms with Crippen molar-refractivity contribution in [2.75, 3.05) is 0 Å². The van der Waals surface area contributed by atoms with Crippen molar-refractivity contribution in [2.24, 2.45) is 0 Å². The van der Waals surface area contributed by atoms with Crippen LogP contribution in [-0.2, 0) is 0 Å². The molecule has 0 heterocycles. The predicted octanol–water partition coefficient (Wildman–Crippen LogP) is 5.75. The molecule has 0 radical (unpaired) electrons. The van der Waals surface area contributed by atoms with Crippen molar-refractivity contribution in [3.63, 3.8) is 0 Å². The summed E-state index contributed by atoms with van der Waals surface area (Å²) in [5.41, 5.74) is 0.404. The second-order valence-corrected chi connectivity index (χ2v) is 5.34. The highest BCUT2D eigenvalue weighted by Gasteiger charge is 2.09. The molecule has 0 aliphatic heterocycles. The molecule has 21 heavy (non-hydrogen) atoms. The number of carbonyl (C=O) groups is 1. The normalized spacial score (nSPS) is 10.6. The Balaban J connectivity index is 2.11. The van der Waals surface area contributed by atoms with Gasteiger partial charge in [-0.05, 0) is 30.3 Å². The van der Waals surface area contributed by atoms with Crippen molar-refractivity contribution in [3.05, 3.63) is 70.2 Å². The summed E-state index contributed by atoms with van der Waals surface area (Å²) in [4.78, 5) is 11.1. The first-order valence-electron chi connectivity index (χ1n) is 6.29. The number of hydrogen-bond acceptors (Lipinski definition) is 2. The van der Waals surface area contributed by atoms with Crippen LogP contribution in [0.1, 0.15) is 10.4 Å². The van der Waals surface area contributed by atoms with Gasteiger partial charge in [0.15, 0.2) is 6.29 Å². The van der Waals surface area contributed by atoms with Gasteiger partial charge in [-0.1, -0.05) is 47.5 Å². The summed E-state index contributed by atoms with van der Waals surface area (Å²) in [5, 5.41) is 2.94. The molecule has 104 valence electrons. The van der Waals surface area contributed by atoms with Gasteiger partial charge in [0.25, 0.3) is 0 Å². The number of carbonyl (C=O) groups excluding carboxylic acids is 1. The van der Waals surface area contributed by atoms with Gasteiger partial charge >= 0.3 is 0 Å². The van der Waals surface area contributed by atoms with Gasteiger partial charge in [0.2, 0.25) is 0 Å². The molecule has 0 N–H and O–H groups in total. The zero-order valence-electron chi connectivity index (χ0n) is 10.8. The Bertz CT molecular complexity index is 828. The van der Waals surface area contributed by atoms with Crippen molar-refractivity contribution in [1.82, 2.24) is 0 Å². The zero-order chi connectivity index (χ0) is 14.8. The second-order valence-electron chi connectivity index (χ2n) is 4.49. The number of aldehydes is 1. The maximum atomic E-state index is 11.1. The summed E-state index contributed by atoms with van der Waals surface area (Å²) < 4.78 is 5.88. The van der Waals surface area contributed by atoms with Crippen LogP contribution in [0.4, 0.5) is 0 Å². The van der Waals surface area contributed by atoms with Gasteiger partial charge < -0.3 is 4.74 Å². The fourth-order valence-corrected chi connectivity index (χ4v) is 2.55. The first-order chi connectivity index (χ1) is 10.2. The van der Waals surface area contributed by atoms with E-state index in [0.717, 1.165) is 17.1 Å². The summed E-state index contributed by atoms with van der Waals surface area (Å²) in [6.45, 7) is 0. The lowest BCUT2D eigenvalue weighted by Crippen LogP contribution is -1.91. The van der Waals surface area contributed by atoms with Crippen LogP contribution in [-0.4, -0.2) is 6.29 Å². The SMILES string of the molecule is O=Cc1cc(Cl)ccc1Oc1ccc(Cl)c2ccccc12. The van der Waals surface area contributed by atoms with Gasteiger partial charge in [-0.2, -0.15) is 0 Å². The maximum absolute atomic E-state index is 11.1. The van der Waals surface area contributed by atoms with E-state index in [9.17, 15) is 4.79 Å². The van der Waals surface area contributed by atoms with Crippen molar-refractivity contribution in [2.45, 2.75) is 0 Å². The Labute approximate surface area is 131 Å². The van der Waals surface area contributed by atoms with Gasteiger partial charge in [-0.15, -0.1) is 0 Å². The molecule has 0 saturated carbocycles. The highest BCUT2D eigenvalue weighted by atomic mass is 35.5. The third kappa shape index (κ3) is 2.73. The Morgan fingerprint density at radius 1 is 0.857 bits per heavy atom. The molecule has 3 aromatic rings. The van der Waals surface area contributed by atoms with Crippen LogP contribution in [0.5, 0.6) is 11.5 Å². The molecule has 0 aliphatic carbocycles. The minimum Gasteiger partial charge on any atom is -0.456 e. The summed E-state index contributed by atoms with van der Waals surface area (Å²) in [5.74, 6) is 1.10. The lowest BCUT2D eigenvalue weighted by molar-refractivity contribution is 0.112. The van der Waals surface area contributed by atoms with E-state index in [0.29, 0.717) is 27.1 Å². The van der Waals surface area contributed by atoms with Crippen molar-refractivity contribution < 1.29 is 9.53 Å². The molecule has 2 nitrogen and oxygen atoms in total. The predicted molar refractivity (Wildman–Crippen MR) is 85.9 cm³/mol. The van der Waals surface area contributed by atoms with Gasteiger partial charge in [0.1, 0.15) is 11.5 Å². The lowest BCUT2D eigenvalue weighted by Gasteiger charge is -2.11. The standard InChI is InChI=1S/C17H10Cl2O2/c18-12-5-7-16(11(9-12)10-20)21-17-8-6-15(19)13-3-1-2-4-14(13)17/h1-10H. The minimum atomic E-state index is 0.404. The van der Waals surface area contributed by atoms with Crippen LogP contribution < -0.4 is 4.74 Å². The monoisotopic (exact) mass is 316 g/mol. The molecule has 0 unspecified atom stereocenters. The summed E-state index contributed by atoms with van der Waals surface area (Å²) in [6, 6.07) is 16.2.